The fraction of sp³-hybridized carbons (Fsp3) is 0.355. The smallest absolute Gasteiger partial charge is 0.347 e. The van der Waals surface area contributed by atoms with Gasteiger partial charge in [-0.3, -0.25) is 4.79 Å². The lowest BCUT2D eigenvalue weighted by Crippen LogP contribution is -2.38. The molecule has 40 heavy (non-hydrogen) atoms. The van der Waals surface area contributed by atoms with Crippen LogP contribution in [0.15, 0.2) is 65.6 Å². The minimum Gasteiger partial charge on any atom is -0.478 e. The topological polar surface area (TPSA) is 96.3 Å². The average molecular weight is 584 g/mol. The van der Waals surface area contributed by atoms with Gasteiger partial charge < -0.3 is 19.7 Å². The molecule has 3 aromatic rings. The van der Waals surface area contributed by atoms with Gasteiger partial charge in [0.2, 0.25) is 0 Å². The third-order valence-electron chi connectivity index (χ3n) is 7.19. The Morgan fingerprint density at radius 3 is 2.27 bits per heavy atom. The second-order valence-corrected chi connectivity index (χ2v) is 11.9. The number of ether oxygens (including phenoxy) is 2. The van der Waals surface area contributed by atoms with E-state index in [0.717, 1.165) is 21.6 Å². The summed E-state index contributed by atoms with van der Waals surface area (Å²) in [5.74, 6) is -0.839. The molecule has 3 atom stereocenters. The molecule has 0 radical (unpaired) electrons. The predicted octanol–water partition coefficient (Wildman–Crippen LogP) is 6.17. The number of nitrogens with zero attached hydrogens (tertiary/aromatic N) is 1. The summed E-state index contributed by atoms with van der Waals surface area (Å²) in [5.41, 5.74) is 1.66. The summed E-state index contributed by atoms with van der Waals surface area (Å²) in [5, 5.41) is 21.0. The van der Waals surface area contributed by atoms with Crippen molar-refractivity contribution < 1.29 is 29.3 Å². The highest BCUT2D eigenvalue weighted by Crippen LogP contribution is 2.39. The van der Waals surface area contributed by atoms with Gasteiger partial charge in [0.15, 0.2) is 11.4 Å². The van der Waals surface area contributed by atoms with Crippen LogP contribution < -0.4 is 9.47 Å². The van der Waals surface area contributed by atoms with Crippen LogP contribution in [0.2, 0.25) is 5.02 Å². The van der Waals surface area contributed by atoms with Crippen molar-refractivity contribution in [3.05, 3.63) is 87.9 Å². The van der Waals surface area contributed by atoms with E-state index >= 15 is 0 Å². The van der Waals surface area contributed by atoms with Crippen LogP contribution in [0, 0.1) is 19.8 Å². The van der Waals surface area contributed by atoms with Crippen molar-refractivity contribution in [3.63, 3.8) is 0 Å². The number of likely N-dealkylation sites (tertiary alicyclic amines) is 1. The molecule has 0 aliphatic carbocycles. The molecule has 3 aromatic carbocycles. The number of rotatable bonds is 10. The number of halogens is 1. The molecule has 0 saturated carbocycles. The molecule has 1 heterocycles. The molecule has 7 nitrogen and oxygen atoms in total. The van der Waals surface area contributed by atoms with Crippen LogP contribution in [0.25, 0.3) is 0 Å². The minimum atomic E-state index is -1.40. The predicted molar refractivity (Wildman–Crippen MR) is 157 cm³/mol. The Balaban J connectivity index is 1.66. The van der Waals surface area contributed by atoms with E-state index in [1.807, 2.05) is 56.5 Å². The quantitative estimate of drug-likeness (QED) is 0.166. The lowest BCUT2D eigenvalue weighted by molar-refractivity contribution is -0.152. The Bertz CT molecular complexity index is 1370. The van der Waals surface area contributed by atoms with Crippen molar-refractivity contribution in [1.29, 1.82) is 0 Å². The maximum Gasteiger partial charge on any atom is 0.347 e. The molecule has 1 fully saturated rings. The zero-order valence-electron chi connectivity index (χ0n) is 23.2. The zero-order chi connectivity index (χ0) is 29.2. The van der Waals surface area contributed by atoms with Crippen molar-refractivity contribution >= 4 is 35.1 Å². The first-order chi connectivity index (χ1) is 18.9. The molecule has 0 spiro atoms. The summed E-state index contributed by atoms with van der Waals surface area (Å²) in [6.45, 7) is 7.42. The summed E-state index contributed by atoms with van der Waals surface area (Å²) >= 11 is 7.69. The number of aliphatic carboxylic acids is 1. The standard InChI is InChI=1S/C31H34ClNO6S/c1-18-13-21(14-19(2)28(18)39-31(3,4)29(35)36)25-16-33(30(37)38-23-8-6-7-22(32)15-23)17-26(25)27(34)20-9-11-24(40-5)12-10-20/h6-15,25-26,30,37H,16-17H2,1-5H3,(H,35,36)/t25-,26+,30?/m1/s1. The maximum absolute atomic E-state index is 13.8. The Hall–Kier alpha value is -3.04. The first-order valence-corrected chi connectivity index (χ1v) is 14.6. The number of aryl methyl sites for hydroxylation is 2. The van der Waals surface area contributed by atoms with Gasteiger partial charge in [0, 0.05) is 40.4 Å². The van der Waals surface area contributed by atoms with Crippen molar-refractivity contribution in [1.82, 2.24) is 4.90 Å². The molecule has 0 bridgehead atoms. The van der Waals surface area contributed by atoms with Crippen LogP contribution in [0.3, 0.4) is 0 Å². The first kappa shape index (κ1) is 29.9. The van der Waals surface area contributed by atoms with E-state index in [2.05, 4.69) is 0 Å². The number of carboxylic acid groups (broad SMARTS) is 1. The third kappa shape index (κ3) is 6.63. The van der Waals surface area contributed by atoms with Gasteiger partial charge in [-0.2, -0.15) is 0 Å². The Morgan fingerprint density at radius 1 is 1.05 bits per heavy atom. The number of aliphatic hydroxyl groups excluding tert-OH is 1. The largest absolute Gasteiger partial charge is 0.478 e. The number of benzene rings is 3. The number of thioether (sulfide) groups is 1. The first-order valence-electron chi connectivity index (χ1n) is 13.0. The Kier molecular flexibility index (Phi) is 9.15. The van der Waals surface area contributed by atoms with Gasteiger partial charge in [-0.25, -0.2) is 9.69 Å². The lowest BCUT2D eigenvalue weighted by atomic mass is 9.82. The molecular formula is C31H34ClNO6S. The maximum atomic E-state index is 13.8. The molecular weight excluding hydrogens is 550 g/mol. The van der Waals surface area contributed by atoms with Crippen molar-refractivity contribution in [2.45, 2.75) is 50.5 Å². The molecule has 212 valence electrons. The van der Waals surface area contributed by atoms with E-state index in [9.17, 15) is 19.8 Å². The highest BCUT2D eigenvalue weighted by atomic mass is 35.5. The third-order valence-corrected chi connectivity index (χ3v) is 8.17. The molecule has 1 aliphatic heterocycles. The van der Waals surface area contributed by atoms with E-state index in [4.69, 9.17) is 21.1 Å². The van der Waals surface area contributed by atoms with E-state index in [-0.39, 0.29) is 18.2 Å². The van der Waals surface area contributed by atoms with Gasteiger partial charge in [0.05, 0.1) is 0 Å². The van der Waals surface area contributed by atoms with Gasteiger partial charge in [0.25, 0.3) is 6.41 Å². The number of hydrogen-bond acceptors (Lipinski definition) is 7. The number of carboxylic acids is 1. The highest BCUT2D eigenvalue weighted by molar-refractivity contribution is 7.98. The van der Waals surface area contributed by atoms with Gasteiger partial charge >= 0.3 is 5.97 Å². The normalized spacial score (nSPS) is 18.4. The van der Waals surface area contributed by atoms with E-state index < -0.39 is 23.9 Å². The SMILES string of the molecule is CSc1ccc(C(=O)[C@H]2CN(C(O)Oc3cccc(Cl)c3)C[C@@H]2c2cc(C)c(OC(C)(C)C(=O)O)c(C)c2)cc1. The second kappa shape index (κ2) is 12.2. The molecule has 9 heteroatoms. The average Bonchev–Trinajstić information content (AvgIpc) is 3.36. The molecule has 4 rings (SSSR count). The number of carbonyl (C=O) groups is 2. The zero-order valence-corrected chi connectivity index (χ0v) is 24.8. The van der Waals surface area contributed by atoms with Crippen LogP contribution in [-0.2, 0) is 4.79 Å². The van der Waals surface area contributed by atoms with E-state index in [1.54, 1.807) is 40.9 Å². The number of Topliss-reactive ketones (excluding diaryl/α,β-unsaturated/α-hetero) is 1. The fourth-order valence-electron chi connectivity index (χ4n) is 4.98. The number of carbonyl (C=O) groups excluding carboxylic acids is 1. The summed E-state index contributed by atoms with van der Waals surface area (Å²) in [7, 11) is 0. The molecule has 1 aliphatic rings. The fourth-order valence-corrected chi connectivity index (χ4v) is 5.57. The summed E-state index contributed by atoms with van der Waals surface area (Å²) in [6, 6.07) is 18.2. The van der Waals surface area contributed by atoms with E-state index in [0.29, 0.717) is 28.6 Å². The highest BCUT2D eigenvalue weighted by Gasteiger charge is 2.42. The van der Waals surface area contributed by atoms with Gasteiger partial charge in [-0.15, -0.1) is 11.8 Å². The molecule has 2 N–H and O–H groups in total. The van der Waals surface area contributed by atoms with Crippen molar-refractivity contribution in [2.75, 3.05) is 19.3 Å². The van der Waals surface area contributed by atoms with Crippen LogP contribution >= 0.6 is 23.4 Å². The molecule has 1 unspecified atom stereocenters. The summed E-state index contributed by atoms with van der Waals surface area (Å²) < 4.78 is 11.7. The monoisotopic (exact) mass is 583 g/mol. The molecule has 0 aromatic heterocycles. The van der Waals surface area contributed by atoms with Crippen LogP contribution in [-0.4, -0.2) is 58.2 Å². The number of ketones is 1. The van der Waals surface area contributed by atoms with Gasteiger partial charge in [-0.05, 0) is 81.0 Å². The number of aliphatic hydroxyl groups is 1. The van der Waals surface area contributed by atoms with Crippen molar-refractivity contribution in [2.24, 2.45) is 5.92 Å². The van der Waals surface area contributed by atoms with Gasteiger partial charge in [0.1, 0.15) is 11.5 Å². The lowest BCUT2D eigenvalue weighted by Gasteiger charge is -2.26. The van der Waals surface area contributed by atoms with Crippen LogP contribution in [0.1, 0.15) is 46.8 Å². The molecule has 0 amide bonds. The summed E-state index contributed by atoms with van der Waals surface area (Å²) in [4.78, 5) is 28.3. The second-order valence-electron chi connectivity index (χ2n) is 10.6. The summed E-state index contributed by atoms with van der Waals surface area (Å²) in [6.07, 6.45) is 0.706. The Morgan fingerprint density at radius 2 is 1.70 bits per heavy atom. The minimum absolute atomic E-state index is 0.0160. The number of hydrogen-bond donors (Lipinski definition) is 2. The Labute approximate surface area is 244 Å². The van der Waals surface area contributed by atoms with Gasteiger partial charge in [-0.1, -0.05) is 41.9 Å². The van der Waals surface area contributed by atoms with Crippen LogP contribution in [0.4, 0.5) is 0 Å². The van der Waals surface area contributed by atoms with Crippen molar-refractivity contribution in [3.8, 4) is 11.5 Å². The molecule has 1 saturated heterocycles. The van der Waals surface area contributed by atoms with Crippen LogP contribution in [0.5, 0.6) is 11.5 Å². The van der Waals surface area contributed by atoms with E-state index in [1.165, 1.54) is 13.8 Å².